The minimum atomic E-state index is -0.176. The Hall–Kier alpha value is -1.09. The highest BCUT2D eigenvalue weighted by Gasteiger charge is 2.04. The summed E-state index contributed by atoms with van der Waals surface area (Å²) in [5.74, 6) is -0.176. The van der Waals surface area contributed by atoms with Gasteiger partial charge in [0.1, 0.15) is 5.82 Å². The van der Waals surface area contributed by atoms with E-state index in [0.717, 1.165) is 12.1 Å². The molecule has 1 rings (SSSR count). The zero-order valence-electron chi connectivity index (χ0n) is 8.26. The van der Waals surface area contributed by atoms with E-state index in [4.69, 9.17) is 0 Å². The van der Waals surface area contributed by atoms with Gasteiger partial charge in [-0.15, -0.1) is 0 Å². The third-order valence-corrected chi connectivity index (χ3v) is 1.87. The minimum absolute atomic E-state index is 0.176. The lowest BCUT2D eigenvalue weighted by molar-refractivity contribution is 0.624. The van der Waals surface area contributed by atoms with E-state index >= 15 is 0 Å². The summed E-state index contributed by atoms with van der Waals surface area (Å²) in [4.78, 5) is 1.77. The van der Waals surface area contributed by atoms with Gasteiger partial charge in [0.15, 0.2) is 0 Å². The Morgan fingerprint density at radius 3 is 2.62 bits per heavy atom. The predicted octanol–water partition coefficient (Wildman–Crippen LogP) is 1.61. The van der Waals surface area contributed by atoms with E-state index in [1.165, 1.54) is 6.07 Å². The van der Waals surface area contributed by atoms with E-state index < -0.39 is 0 Å². The van der Waals surface area contributed by atoms with Crippen molar-refractivity contribution in [2.75, 3.05) is 26.0 Å². The van der Waals surface area contributed by atoms with Gasteiger partial charge < -0.3 is 10.2 Å². The largest absolute Gasteiger partial charge is 0.375 e. The molecule has 1 aromatic rings. The van der Waals surface area contributed by atoms with Gasteiger partial charge >= 0.3 is 0 Å². The molecule has 0 heterocycles. The number of rotatable bonds is 3. The molecule has 0 aliphatic carbocycles. The summed E-state index contributed by atoms with van der Waals surface area (Å²) in [6, 6.07) is 5.15. The van der Waals surface area contributed by atoms with Crippen LogP contribution in [-0.4, -0.2) is 21.1 Å². The number of halogens is 1. The van der Waals surface area contributed by atoms with Crippen molar-refractivity contribution in [1.82, 2.24) is 5.32 Å². The summed E-state index contributed by atoms with van der Waals surface area (Å²) in [7, 11) is 5.54. The van der Waals surface area contributed by atoms with Crippen LogP contribution in [0.4, 0.5) is 10.1 Å². The maximum atomic E-state index is 13.2. The lowest BCUT2D eigenvalue weighted by Gasteiger charge is -2.14. The Balaban J connectivity index is 2.97. The summed E-state index contributed by atoms with van der Waals surface area (Å²) >= 11 is 0. The smallest absolute Gasteiger partial charge is 0.146 e. The van der Waals surface area contributed by atoms with Crippen molar-refractivity contribution in [3.63, 3.8) is 0 Å². The number of hydrogen-bond acceptors (Lipinski definition) is 2. The van der Waals surface area contributed by atoms with Crippen LogP contribution in [0.1, 0.15) is 5.56 Å². The van der Waals surface area contributed by atoms with Crippen molar-refractivity contribution in [2.45, 2.75) is 6.54 Å². The van der Waals surface area contributed by atoms with Crippen LogP contribution in [0.25, 0.3) is 0 Å². The first-order chi connectivity index (χ1) is 6.15. The molecule has 0 atom stereocenters. The zero-order valence-corrected chi connectivity index (χ0v) is 8.26. The van der Waals surface area contributed by atoms with Crippen LogP contribution in [0.15, 0.2) is 18.2 Å². The van der Waals surface area contributed by atoms with Crippen LogP contribution >= 0.6 is 0 Å². The van der Waals surface area contributed by atoms with Crippen LogP contribution in [0.3, 0.4) is 0 Å². The van der Waals surface area contributed by atoms with E-state index in [-0.39, 0.29) is 5.82 Å². The first kappa shape index (κ1) is 9.99. The molecule has 0 saturated carbocycles. The molecule has 0 aromatic heterocycles. The van der Waals surface area contributed by atoms with E-state index in [9.17, 15) is 4.39 Å². The number of hydrogen-bond donors (Lipinski definition) is 1. The first-order valence-electron chi connectivity index (χ1n) is 4.25. The normalized spacial score (nSPS) is 10.2. The fourth-order valence-electron chi connectivity index (χ4n) is 1.22. The molecule has 0 radical (unpaired) electrons. The molecule has 0 fully saturated rings. The van der Waals surface area contributed by atoms with Gasteiger partial charge in [-0.1, -0.05) is 6.07 Å². The average molecular weight is 182 g/mol. The summed E-state index contributed by atoms with van der Waals surface area (Å²) in [5.41, 5.74) is 1.72. The Morgan fingerprint density at radius 1 is 1.38 bits per heavy atom. The minimum Gasteiger partial charge on any atom is -0.375 e. The Kier molecular flexibility index (Phi) is 3.25. The number of anilines is 1. The first-order valence-corrected chi connectivity index (χ1v) is 4.25. The molecule has 13 heavy (non-hydrogen) atoms. The van der Waals surface area contributed by atoms with Gasteiger partial charge in [0, 0.05) is 20.6 Å². The summed E-state index contributed by atoms with van der Waals surface area (Å²) in [6.45, 7) is 0.765. The van der Waals surface area contributed by atoms with Crippen molar-refractivity contribution >= 4 is 5.69 Å². The topological polar surface area (TPSA) is 15.3 Å². The average Bonchev–Trinajstić information content (AvgIpc) is 2.08. The monoisotopic (exact) mass is 182 g/mol. The zero-order chi connectivity index (χ0) is 9.84. The SMILES string of the molecule is CNCc1ccc(F)c(N(C)C)c1. The highest BCUT2D eigenvalue weighted by atomic mass is 19.1. The quantitative estimate of drug-likeness (QED) is 0.764. The molecule has 1 N–H and O–H groups in total. The lowest BCUT2D eigenvalue weighted by Crippen LogP contribution is -2.12. The summed E-state index contributed by atoms with van der Waals surface area (Å²) in [6.07, 6.45) is 0. The van der Waals surface area contributed by atoms with Crippen LogP contribution < -0.4 is 10.2 Å². The van der Waals surface area contributed by atoms with Crippen LogP contribution in [0.2, 0.25) is 0 Å². The number of benzene rings is 1. The summed E-state index contributed by atoms with van der Waals surface area (Å²) < 4.78 is 13.2. The maximum Gasteiger partial charge on any atom is 0.146 e. The fraction of sp³-hybridized carbons (Fsp3) is 0.400. The Bertz CT molecular complexity index is 284. The Labute approximate surface area is 78.4 Å². The van der Waals surface area contributed by atoms with Crippen LogP contribution in [0, 0.1) is 5.82 Å². The van der Waals surface area contributed by atoms with Crippen molar-refractivity contribution in [3.8, 4) is 0 Å². The lowest BCUT2D eigenvalue weighted by atomic mass is 10.2. The highest BCUT2D eigenvalue weighted by Crippen LogP contribution is 2.18. The number of nitrogens with zero attached hydrogens (tertiary/aromatic N) is 1. The standard InChI is InChI=1S/C10H15FN2/c1-12-7-8-4-5-9(11)10(6-8)13(2)3/h4-6,12H,7H2,1-3H3. The molecule has 0 aliphatic rings. The molecular formula is C10H15FN2. The van der Waals surface area contributed by atoms with Gasteiger partial charge in [-0.05, 0) is 24.7 Å². The summed E-state index contributed by atoms with van der Waals surface area (Å²) in [5, 5.41) is 3.03. The molecule has 72 valence electrons. The second-order valence-corrected chi connectivity index (χ2v) is 3.21. The van der Waals surface area contributed by atoms with Crippen molar-refractivity contribution < 1.29 is 4.39 Å². The molecule has 0 amide bonds. The molecule has 3 heteroatoms. The van der Waals surface area contributed by atoms with Gasteiger partial charge in [-0.3, -0.25) is 0 Å². The van der Waals surface area contributed by atoms with Crippen molar-refractivity contribution in [1.29, 1.82) is 0 Å². The maximum absolute atomic E-state index is 13.2. The van der Waals surface area contributed by atoms with Gasteiger partial charge in [0.2, 0.25) is 0 Å². The van der Waals surface area contributed by atoms with Gasteiger partial charge in [-0.25, -0.2) is 4.39 Å². The molecule has 0 bridgehead atoms. The van der Waals surface area contributed by atoms with Crippen molar-refractivity contribution in [3.05, 3.63) is 29.6 Å². The second kappa shape index (κ2) is 4.23. The molecular weight excluding hydrogens is 167 g/mol. The van der Waals surface area contributed by atoms with Gasteiger partial charge in [-0.2, -0.15) is 0 Å². The van der Waals surface area contributed by atoms with Crippen LogP contribution in [0.5, 0.6) is 0 Å². The van der Waals surface area contributed by atoms with E-state index in [1.54, 1.807) is 11.0 Å². The van der Waals surface area contributed by atoms with Crippen LogP contribution in [-0.2, 0) is 6.54 Å². The Morgan fingerprint density at radius 2 is 2.08 bits per heavy atom. The van der Waals surface area contributed by atoms with E-state index in [0.29, 0.717) is 5.69 Å². The van der Waals surface area contributed by atoms with E-state index in [2.05, 4.69) is 5.32 Å². The molecule has 1 aromatic carbocycles. The second-order valence-electron chi connectivity index (χ2n) is 3.21. The molecule has 0 unspecified atom stereocenters. The fourth-order valence-corrected chi connectivity index (χ4v) is 1.22. The van der Waals surface area contributed by atoms with Crippen molar-refractivity contribution in [2.24, 2.45) is 0 Å². The van der Waals surface area contributed by atoms with Gasteiger partial charge in [0.25, 0.3) is 0 Å². The van der Waals surface area contributed by atoms with E-state index in [1.807, 2.05) is 27.2 Å². The molecule has 2 nitrogen and oxygen atoms in total. The molecule has 0 spiro atoms. The molecule has 0 saturated heterocycles. The third-order valence-electron chi connectivity index (χ3n) is 1.87. The molecule has 0 aliphatic heterocycles. The van der Waals surface area contributed by atoms with Gasteiger partial charge in [0.05, 0.1) is 5.69 Å². The number of nitrogens with one attached hydrogen (secondary N) is 1. The predicted molar refractivity (Wildman–Crippen MR) is 53.5 cm³/mol. The highest BCUT2D eigenvalue weighted by molar-refractivity contribution is 5.48. The third kappa shape index (κ3) is 2.42.